The molecule has 0 aliphatic heterocycles. The Morgan fingerprint density at radius 3 is 3.14 bits per heavy atom. The van der Waals surface area contributed by atoms with Gasteiger partial charge in [-0.3, -0.25) is 0 Å². The van der Waals surface area contributed by atoms with E-state index in [1.165, 1.54) is 6.42 Å². The fourth-order valence-electron chi connectivity index (χ4n) is 2.13. The van der Waals surface area contributed by atoms with E-state index in [-0.39, 0.29) is 0 Å². The third-order valence-electron chi connectivity index (χ3n) is 2.89. The van der Waals surface area contributed by atoms with Crippen molar-refractivity contribution in [1.82, 2.24) is 15.0 Å². The smallest absolute Gasteiger partial charge is 0.182 e. The quantitative estimate of drug-likeness (QED) is 0.735. The van der Waals surface area contributed by atoms with Gasteiger partial charge in [-0.05, 0) is 25.3 Å². The molecule has 1 fully saturated rings. The molecule has 1 aliphatic rings. The van der Waals surface area contributed by atoms with Crippen molar-refractivity contribution < 1.29 is 0 Å². The predicted octanol–water partition coefficient (Wildman–Crippen LogP) is 0.450. The SMILES string of the molecule is N#Cc1cn(C2CCCC2CN)nn1. The maximum atomic E-state index is 8.63. The molecule has 1 heterocycles. The summed E-state index contributed by atoms with van der Waals surface area (Å²) in [6, 6.07) is 2.32. The summed E-state index contributed by atoms with van der Waals surface area (Å²) < 4.78 is 1.79. The Kier molecular flexibility index (Phi) is 2.46. The van der Waals surface area contributed by atoms with Crippen LogP contribution in [0.15, 0.2) is 6.20 Å². The van der Waals surface area contributed by atoms with Gasteiger partial charge in [-0.25, -0.2) is 4.68 Å². The van der Waals surface area contributed by atoms with Crippen molar-refractivity contribution >= 4 is 0 Å². The van der Waals surface area contributed by atoms with Crippen LogP contribution >= 0.6 is 0 Å². The minimum Gasteiger partial charge on any atom is -0.330 e. The van der Waals surface area contributed by atoms with Crippen molar-refractivity contribution in [1.29, 1.82) is 5.26 Å². The van der Waals surface area contributed by atoms with E-state index in [1.54, 1.807) is 10.9 Å². The Balaban J connectivity index is 2.18. The van der Waals surface area contributed by atoms with Crippen LogP contribution in [0.2, 0.25) is 0 Å². The van der Waals surface area contributed by atoms with E-state index in [9.17, 15) is 0 Å². The van der Waals surface area contributed by atoms with E-state index >= 15 is 0 Å². The van der Waals surface area contributed by atoms with Gasteiger partial charge in [-0.15, -0.1) is 5.10 Å². The van der Waals surface area contributed by atoms with Gasteiger partial charge in [0.2, 0.25) is 0 Å². The summed E-state index contributed by atoms with van der Waals surface area (Å²) in [6.45, 7) is 0.687. The number of aromatic nitrogens is 3. The summed E-state index contributed by atoms with van der Waals surface area (Å²) in [7, 11) is 0. The number of nitriles is 1. The fraction of sp³-hybridized carbons (Fsp3) is 0.667. The number of hydrogen-bond donors (Lipinski definition) is 1. The van der Waals surface area contributed by atoms with Crippen LogP contribution in [0.25, 0.3) is 0 Å². The van der Waals surface area contributed by atoms with E-state index in [0.717, 1.165) is 12.8 Å². The maximum absolute atomic E-state index is 8.63. The number of hydrogen-bond acceptors (Lipinski definition) is 4. The lowest BCUT2D eigenvalue weighted by Gasteiger charge is -2.16. The normalized spacial score (nSPS) is 26.3. The number of rotatable bonds is 2. The van der Waals surface area contributed by atoms with Gasteiger partial charge >= 0.3 is 0 Å². The van der Waals surface area contributed by atoms with Crippen LogP contribution in [0.3, 0.4) is 0 Å². The van der Waals surface area contributed by atoms with Gasteiger partial charge in [0.25, 0.3) is 0 Å². The Morgan fingerprint density at radius 1 is 1.64 bits per heavy atom. The summed E-state index contributed by atoms with van der Waals surface area (Å²) in [6.07, 6.45) is 5.14. The molecule has 2 atom stereocenters. The van der Waals surface area contributed by atoms with Crippen LogP contribution in [0.5, 0.6) is 0 Å². The second-order valence-electron chi connectivity index (χ2n) is 3.69. The summed E-state index contributed by atoms with van der Waals surface area (Å²) in [5.74, 6) is 0.489. The van der Waals surface area contributed by atoms with Gasteiger partial charge in [0.1, 0.15) is 6.07 Å². The lowest BCUT2D eigenvalue weighted by Crippen LogP contribution is -2.22. The standard InChI is InChI=1S/C9H13N5/c10-4-7-2-1-3-9(7)14-6-8(5-11)12-13-14/h6-7,9H,1-4,10H2. The molecule has 0 aromatic carbocycles. The van der Waals surface area contributed by atoms with Crippen molar-refractivity contribution in [2.75, 3.05) is 6.54 Å². The van der Waals surface area contributed by atoms with Gasteiger partial charge in [-0.1, -0.05) is 11.6 Å². The molecule has 74 valence electrons. The first-order chi connectivity index (χ1) is 6.85. The molecule has 1 aromatic rings. The van der Waals surface area contributed by atoms with Crippen molar-refractivity contribution in [2.45, 2.75) is 25.3 Å². The Hall–Kier alpha value is -1.41. The largest absolute Gasteiger partial charge is 0.330 e. The van der Waals surface area contributed by atoms with Crippen LogP contribution in [0.4, 0.5) is 0 Å². The molecule has 0 saturated heterocycles. The van der Waals surface area contributed by atoms with Crippen molar-refractivity contribution in [3.05, 3.63) is 11.9 Å². The average molecular weight is 191 g/mol. The third-order valence-corrected chi connectivity index (χ3v) is 2.89. The Labute approximate surface area is 82.5 Å². The summed E-state index contributed by atoms with van der Waals surface area (Å²) in [4.78, 5) is 0. The molecular formula is C9H13N5. The highest BCUT2D eigenvalue weighted by atomic mass is 15.4. The van der Waals surface area contributed by atoms with E-state index in [0.29, 0.717) is 24.2 Å². The van der Waals surface area contributed by atoms with Crippen LogP contribution in [-0.4, -0.2) is 21.5 Å². The lowest BCUT2D eigenvalue weighted by atomic mass is 10.0. The average Bonchev–Trinajstić information content (AvgIpc) is 2.85. The third kappa shape index (κ3) is 1.49. The summed E-state index contributed by atoms with van der Waals surface area (Å²) in [5.41, 5.74) is 6.06. The highest BCUT2D eigenvalue weighted by Gasteiger charge is 2.28. The van der Waals surface area contributed by atoms with Crippen molar-refractivity contribution in [3.63, 3.8) is 0 Å². The second kappa shape index (κ2) is 3.76. The second-order valence-corrected chi connectivity index (χ2v) is 3.69. The Bertz CT molecular complexity index is 350. The molecule has 0 amide bonds. The topological polar surface area (TPSA) is 80.5 Å². The van der Waals surface area contributed by atoms with Gasteiger partial charge < -0.3 is 5.73 Å². The first-order valence-electron chi connectivity index (χ1n) is 4.87. The zero-order chi connectivity index (χ0) is 9.97. The molecule has 0 spiro atoms. The monoisotopic (exact) mass is 191 g/mol. The van der Waals surface area contributed by atoms with Gasteiger partial charge in [0.05, 0.1) is 12.2 Å². The van der Waals surface area contributed by atoms with Gasteiger partial charge in [-0.2, -0.15) is 5.26 Å². The van der Waals surface area contributed by atoms with E-state index in [2.05, 4.69) is 10.3 Å². The maximum Gasteiger partial charge on any atom is 0.182 e. The molecular weight excluding hydrogens is 178 g/mol. The van der Waals surface area contributed by atoms with Gasteiger partial charge in [0.15, 0.2) is 5.69 Å². The van der Waals surface area contributed by atoms with Crippen LogP contribution in [0, 0.1) is 17.2 Å². The molecule has 1 aromatic heterocycles. The molecule has 5 nitrogen and oxygen atoms in total. The zero-order valence-electron chi connectivity index (χ0n) is 7.93. The molecule has 0 radical (unpaired) electrons. The molecule has 1 saturated carbocycles. The van der Waals surface area contributed by atoms with Crippen LogP contribution in [0.1, 0.15) is 31.0 Å². The van der Waals surface area contributed by atoms with Crippen molar-refractivity contribution in [3.8, 4) is 6.07 Å². The minimum absolute atomic E-state index is 0.342. The van der Waals surface area contributed by atoms with Crippen LogP contribution < -0.4 is 5.73 Å². The number of nitrogens with zero attached hydrogens (tertiary/aromatic N) is 4. The Morgan fingerprint density at radius 2 is 2.50 bits per heavy atom. The molecule has 14 heavy (non-hydrogen) atoms. The van der Waals surface area contributed by atoms with Crippen molar-refractivity contribution in [2.24, 2.45) is 11.7 Å². The molecule has 2 N–H and O–H groups in total. The lowest BCUT2D eigenvalue weighted by molar-refractivity contribution is 0.351. The fourth-order valence-corrected chi connectivity index (χ4v) is 2.13. The highest BCUT2D eigenvalue weighted by Crippen LogP contribution is 2.34. The number of nitrogens with two attached hydrogens (primary N) is 1. The summed E-state index contributed by atoms with van der Waals surface area (Å²) >= 11 is 0. The first-order valence-corrected chi connectivity index (χ1v) is 4.87. The molecule has 5 heteroatoms. The van der Waals surface area contributed by atoms with Gasteiger partial charge in [0, 0.05) is 0 Å². The van der Waals surface area contributed by atoms with E-state index in [4.69, 9.17) is 11.0 Å². The first kappa shape index (κ1) is 9.16. The predicted molar refractivity (Wildman–Crippen MR) is 50.2 cm³/mol. The summed E-state index contributed by atoms with van der Waals surface area (Å²) in [5, 5.41) is 16.3. The molecule has 2 unspecified atom stereocenters. The minimum atomic E-state index is 0.342. The molecule has 1 aliphatic carbocycles. The highest BCUT2D eigenvalue weighted by molar-refractivity contribution is 5.13. The van der Waals surface area contributed by atoms with E-state index < -0.39 is 0 Å². The zero-order valence-corrected chi connectivity index (χ0v) is 7.93. The molecule has 0 bridgehead atoms. The van der Waals surface area contributed by atoms with Crippen LogP contribution in [-0.2, 0) is 0 Å². The van der Waals surface area contributed by atoms with E-state index in [1.807, 2.05) is 6.07 Å². The molecule has 2 rings (SSSR count).